The van der Waals surface area contributed by atoms with Crippen LogP contribution in [0.3, 0.4) is 0 Å². The van der Waals surface area contributed by atoms with E-state index < -0.39 is 24.4 Å². The van der Waals surface area contributed by atoms with E-state index in [1.807, 2.05) is 39.8 Å². The molecule has 35 heavy (non-hydrogen) atoms. The number of hydrogen-bond donors (Lipinski definition) is 0. The van der Waals surface area contributed by atoms with E-state index in [0.717, 1.165) is 16.2 Å². The molecule has 1 unspecified atom stereocenters. The minimum Gasteiger partial charge on any atom is -0.491 e. The van der Waals surface area contributed by atoms with Crippen LogP contribution in [0.4, 0.5) is 13.2 Å². The smallest absolute Gasteiger partial charge is 0.401 e. The van der Waals surface area contributed by atoms with Crippen molar-refractivity contribution in [2.24, 2.45) is 0 Å². The highest BCUT2D eigenvalue weighted by Gasteiger charge is 2.47. The van der Waals surface area contributed by atoms with Crippen LogP contribution < -0.4 is 4.74 Å². The molecule has 2 aliphatic heterocycles. The first-order valence-electron chi connectivity index (χ1n) is 11.9. The van der Waals surface area contributed by atoms with Crippen LogP contribution in [0.2, 0.25) is 0 Å². The fourth-order valence-electron chi connectivity index (χ4n) is 4.85. The Labute approximate surface area is 208 Å². The molecule has 1 aromatic carbocycles. The summed E-state index contributed by atoms with van der Waals surface area (Å²) in [7, 11) is 0. The number of aryl methyl sites for hydroxylation is 2. The van der Waals surface area contributed by atoms with Gasteiger partial charge < -0.3 is 14.4 Å². The summed E-state index contributed by atoms with van der Waals surface area (Å²) in [6.07, 6.45) is -2.09. The second-order valence-corrected chi connectivity index (χ2v) is 11.1. The fraction of sp³-hybridized carbons (Fsp3) is 0.600. The summed E-state index contributed by atoms with van der Waals surface area (Å²) in [4.78, 5) is 21.7. The first-order chi connectivity index (χ1) is 16.4. The minimum absolute atomic E-state index is 0.0399. The maximum atomic E-state index is 13.3. The van der Waals surface area contributed by atoms with Crippen molar-refractivity contribution in [3.8, 4) is 5.75 Å². The molecule has 2 aromatic rings. The summed E-state index contributed by atoms with van der Waals surface area (Å²) < 4.78 is 52.0. The molecule has 0 N–H and O–H groups in total. The zero-order valence-corrected chi connectivity index (χ0v) is 21.3. The van der Waals surface area contributed by atoms with E-state index in [9.17, 15) is 18.0 Å². The average molecular weight is 512 g/mol. The molecule has 2 aliphatic rings. The molecule has 0 aliphatic carbocycles. The van der Waals surface area contributed by atoms with Crippen LogP contribution in [0.15, 0.2) is 24.4 Å². The molecule has 1 amide bonds. The van der Waals surface area contributed by atoms with Crippen molar-refractivity contribution in [3.05, 3.63) is 45.4 Å². The monoisotopic (exact) mass is 511 g/mol. The molecule has 1 spiro atoms. The summed E-state index contributed by atoms with van der Waals surface area (Å²) in [6.45, 7) is 7.93. The van der Waals surface area contributed by atoms with Gasteiger partial charge in [0, 0.05) is 42.8 Å². The van der Waals surface area contributed by atoms with Gasteiger partial charge in [0.15, 0.2) is 0 Å². The number of rotatable bonds is 5. The number of aromatic nitrogens is 1. The molecule has 10 heteroatoms. The summed E-state index contributed by atoms with van der Waals surface area (Å²) >= 11 is 1.45. The number of likely N-dealkylation sites (tertiary alicyclic amines) is 1. The Kier molecular flexibility index (Phi) is 7.45. The summed E-state index contributed by atoms with van der Waals surface area (Å²) in [5, 5.41) is 0.700. The number of halogens is 3. The zero-order chi connectivity index (χ0) is 25.4. The number of thiazole rings is 1. The molecule has 1 aromatic heterocycles. The maximum absolute atomic E-state index is 13.3. The largest absolute Gasteiger partial charge is 0.491 e. The normalized spacial score (nSPS) is 21.0. The summed E-state index contributed by atoms with van der Waals surface area (Å²) in [5.41, 5.74) is 0.724. The number of alkyl halides is 3. The van der Waals surface area contributed by atoms with E-state index >= 15 is 0 Å². The van der Waals surface area contributed by atoms with E-state index in [2.05, 4.69) is 4.98 Å². The zero-order valence-electron chi connectivity index (χ0n) is 20.5. The molecular weight excluding hydrogens is 479 g/mol. The molecule has 0 saturated carbocycles. The number of carbonyl (C=O) groups excluding carboxylic acids is 1. The summed E-state index contributed by atoms with van der Waals surface area (Å²) in [6, 6.07) is 5.40. The van der Waals surface area contributed by atoms with E-state index in [1.54, 1.807) is 17.2 Å². The number of piperidine rings is 1. The number of morpholine rings is 1. The van der Waals surface area contributed by atoms with Crippen molar-refractivity contribution in [1.82, 2.24) is 14.8 Å². The Bertz CT molecular complexity index is 1050. The van der Waals surface area contributed by atoms with Crippen molar-refractivity contribution in [1.29, 1.82) is 0 Å². The highest BCUT2D eigenvalue weighted by Crippen LogP contribution is 2.40. The van der Waals surface area contributed by atoms with Crippen LogP contribution in [0.25, 0.3) is 0 Å². The van der Waals surface area contributed by atoms with Crippen molar-refractivity contribution >= 4 is 17.2 Å². The molecule has 4 rings (SSSR count). The van der Waals surface area contributed by atoms with Crippen LogP contribution in [-0.2, 0) is 4.74 Å². The molecule has 0 bridgehead atoms. The predicted octanol–water partition coefficient (Wildman–Crippen LogP) is 5.16. The third-order valence-corrected chi connectivity index (χ3v) is 7.40. The van der Waals surface area contributed by atoms with Gasteiger partial charge in [0.25, 0.3) is 5.91 Å². The highest BCUT2D eigenvalue weighted by molar-refractivity contribution is 7.11. The Morgan fingerprint density at radius 1 is 1.29 bits per heavy atom. The average Bonchev–Trinajstić information content (AvgIpc) is 3.20. The van der Waals surface area contributed by atoms with Crippen molar-refractivity contribution < 1.29 is 27.4 Å². The second-order valence-electron chi connectivity index (χ2n) is 9.82. The van der Waals surface area contributed by atoms with E-state index in [-0.39, 0.29) is 25.1 Å². The Balaban J connectivity index is 1.46. The third-order valence-electron chi connectivity index (χ3n) is 6.39. The number of hydrogen-bond acceptors (Lipinski definition) is 6. The first kappa shape index (κ1) is 25.9. The predicted molar refractivity (Wildman–Crippen MR) is 128 cm³/mol. The van der Waals surface area contributed by atoms with Crippen LogP contribution in [0, 0.1) is 13.8 Å². The maximum Gasteiger partial charge on any atom is 0.401 e. The molecule has 2 saturated heterocycles. The molecule has 1 atom stereocenters. The number of amides is 1. The van der Waals surface area contributed by atoms with Crippen molar-refractivity contribution in [2.75, 3.05) is 32.7 Å². The standard InChI is InChI=1S/C25H32F3N3O3S/c1-16(2)33-20-6-5-19(11-17(20)3)23(32)31-9-7-24(8-10-31)14-30(15-25(26,27)28)13-21(34-24)22-29-12-18(4)35-22/h5-6,11-12,16,21H,7-10,13-15H2,1-4H3. The van der Waals surface area contributed by atoms with Crippen LogP contribution >= 0.6 is 11.3 Å². The van der Waals surface area contributed by atoms with Crippen LogP contribution in [0.5, 0.6) is 5.75 Å². The molecule has 192 valence electrons. The first-order valence-corrected chi connectivity index (χ1v) is 12.7. The molecule has 0 radical (unpaired) electrons. The van der Waals surface area contributed by atoms with Crippen molar-refractivity contribution in [2.45, 2.75) is 64.5 Å². The molecule has 6 nitrogen and oxygen atoms in total. The van der Waals surface area contributed by atoms with Gasteiger partial charge in [-0.2, -0.15) is 13.2 Å². The van der Waals surface area contributed by atoms with Gasteiger partial charge in [0.1, 0.15) is 16.9 Å². The van der Waals surface area contributed by atoms with Gasteiger partial charge in [0.05, 0.1) is 18.2 Å². The van der Waals surface area contributed by atoms with Gasteiger partial charge in [-0.3, -0.25) is 9.69 Å². The number of nitrogens with zero attached hydrogens (tertiary/aromatic N) is 3. The molecular formula is C25H32F3N3O3S. The van der Waals surface area contributed by atoms with Gasteiger partial charge in [-0.25, -0.2) is 4.98 Å². The Morgan fingerprint density at radius 3 is 2.57 bits per heavy atom. The summed E-state index contributed by atoms with van der Waals surface area (Å²) in [5.74, 6) is 0.659. The number of ether oxygens (including phenoxy) is 2. The lowest BCUT2D eigenvalue weighted by Gasteiger charge is -2.49. The van der Waals surface area contributed by atoms with Gasteiger partial charge >= 0.3 is 6.18 Å². The van der Waals surface area contributed by atoms with E-state index in [0.29, 0.717) is 36.5 Å². The van der Waals surface area contributed by atoms with Crippen molar-refractivity contribution in [3.63, 3.8) is 0 Å². The topological polar surface area (TPSA) is 54.9 Å². The van der Waals surface area contributed by atoms with Crippen LogP contribution in [0.1, 0.15) is 58.6 Å². The van der Waals surface area contributed by atoms with E-state index in [1.165, 1.54) is 16.2 Å². The van der Waals surface area contributed by atoms with Gasteiger partial charge in [-0.05, 0) is 64.3 Å². The number of benzene rings is 1. The second kappa shape index (κ2) is 10.1. The lowest BCUT2D eigenvalue weighted by atomic mass is 9.88. The third kappa shape index (κ3) is 6.34. The lowest BCUT2D eigenvalue weighted by molar-refractivity contribution is -0.205. The van der Waals surface area contributed by atoms with Crippen LogP contribution in [-0.4, -0.2) is 71.3 Å². The Morgan fingerprint density at radius 2 is 2.00 bits per heavy atom. The fourth-order valence-corrected chi connectivity index (χ4v) is 5.65. The SMILES string of the molecule is Cc1cnc(C2CN(CC(F)(F)F)CC3(CCN(C(=O)c4ccc(OC(C)C)c(C)c4)CC3)O2)s1. The van der Waals surface area contributed by atoms with Gasteiger partial charge in [-0.15, -0.1) is 11.3 Å². The van der Waals surface area contributed by atoms with Gasteiger partial charge in [-0.1, -0.05) is 0 Å². The Hall–Kier alpha value is -2.17. The van der Waals surface area contributed by atoms with E-state index in [4.69, 9.17) is 9.47 Å². The quantitative estimate of drug-likeness (QED) is 0.555. The number of carbonyl (C=O) groups is 1. The lowest BCUT2D eigenvalue weighted by Crippen LogP contribution is -2.59. The highest BCUT2D eigenvalue weighted by atomic mass is 32.1. The minimum atomic E-state index is -4.29. The molecule has 2 fully saturated rings. The molecule has 3 heterocycles. The van der Waals surface area contributed by atoms with Gasteiger partial charge in [0.2, 0.25) is 0 Å².